The quantitative estimate of drug-likeness (QED) is 0.553. The van der Waals surface area contributed by atoms with Gasteiger partial charge in [-0.1, -0.05) is 30.3 Å². The van der Waals surface area contributed by atoms with Crippen LogP contribution in [-0.4, -0.2) is 23.1 Å². The van der Waals surface area contributed by atoms with Crippen LogP contribution < -0.4 is 0 Å². The van der Waals surface area contributed by atoms with E-state index in [2.05, 4.69) is 15.2 Å². The highest BCUT2D eigenvalue weighted by Crippen LogP contribution is 2.39. The maximum absolute atomic E-state index is 11.6. The molecule has 0 saturated carbocycles. The average Bonchev–Trinajstić information content (AvgIpc) is 2.54. The lowest BCUT2D eigenvalue weighted by molar-refractivity contribution is 0.480. The van der Waals surface area contributed by atoms with Crippen molar-refractivity contribution in [1.29, 1.82) is 0 Å². The van der Waals surface area contributed by atoms with Crippen molar-refractivity contribution in [2.45, 2.75) is 11.8 Å². The highest BCUT2D eigenvalue weighted by Gasteiger charge is 2.19. The van der Waals surface area contributed by atoms with E-state index in [0.29, 0.717) is 5.82 Å². The van der Waals surface area contributed by atoms with E-state index in [4.69, 9.17) is 0 Å². The normalized spacial score (nSPS) is 12.1. The molecular weight excluding hydrogens is 330 g/mol. The summed E-state index contributed by atoms with van der Waals surface area (Å²) in [6, 6.07) is 10.9. The van der Waals surface area contributed by atoms with Crippen LogP contribution >= 0.6 is 0 Å². The number of azo groups is 1. The summed E-state index contributed by atoms with van der Waals surface area (Å²) in [5.41, 5.74) is 0.697. The number of aromatic nitrogens is 1. The van der Waals surface area contributed by atoms with E-state index >= 15 is 0 Å². The lowest BCUT2D eigenvalue weighted by Crippen LogP contribution is -1.99. The van der Waals surface area contributed by atoms with Crippen molar-refractivity contribution in [3.63, 3.8) is 0 Å². The zero-order valence-electron chi connectivity index (χ0n) is 12.6. The van der Waals surface area contributed by atoms with Gasteiger partial charge in [-0.15, -0.1) is 10.2 Å². The van der Waals surface area contributed by atoms with Gasteiger partial charge in [0.1, 0.15) is 10.6 Å². The molecular formula is C16H13N3O4S. The fourth-order valence-corrected chi connectivity index (χ4v) is 3.00. The van der Waals surface area contributed by atoms with Crippen LogP contribution in [0.3, 0.4) is 0 Å². The van der Waals surface area contributed by atoms with Crippen molar-refractivity contribution in [2.24, 2.45) is 10.2 Å². The van der Waals surface area contributed by atoms with Gasteiger partial charge >= 0.3 is 0 Å². The molecule has 0 fully saturated rings. The number of hydrogen-bond acceptors (Lipinski definition) is 6. The number of benzene rings is 2. The van der Waals surface area contributed by atoms with Crippen molar-refractivity contribution in [1.82, 2.24) is 4.98 Å². The minimum atomic E-state index is -4.49. The molecule has 0 spiro atoms. The molecule has 0 saturated heterocycles. The minimum Gasteiger partial charge on any atom is -0.505 e. The first-order chi connectivity index (χ1) is 11.4. The largest absolute Gasteiger partial charge is 0.505 e. The number of aromatic hydroxyl groups is 1. The number of pyridine rings is 1. The van der Waals surface area contributed by atoms with Crippen molar-refractivity contribution in [3.05, 3.63) is 54.2 Å². The highest BCUT2D eigenvalue weighted by atomic mass is 32.2. The molecule has 0 amide bonds. The SMILES string of the molecule is Cc1cccnc1N=Nc1cc(S(=O)(=O)O)c2ccccc2c1O. The van der Waals surface area contributed by atoms with E-state index in [1.807, 2.05) is 0 Å². The third-order valence-corrected chi connectivity index (χ3v) is 4.36. The third-order valence-electron chi connectivity index (χ3n) is 3.47. The topological polar surface area (TPSA) is 112 Å². The Bertz CT molecular complexity index is 1060. The van der Waals surface area contributed by atoms with E-state index < -0.39 is 10.1 Å². The molecule has 8 heteroatoms. The van der Waals surface area contributed by atoms with Gasteiger partial charge in [-0.05, 0) is 24.6 Å². The lowest BCUT2D eigenvalue weighted by Gasteiger charge is -2.08. The van der Waals surface area contributed by atoms with Crippen LogP contribution in [-0.2, 0) is 10.1 Å². The second-order valence-corrected chi connectivity index (χ2v) is 6.50. The Morgan fingerprint density at radius 3 is 2.42 bits per heavy atom. The summed E-state index contributed by atoms with van der Waals surface area (Å²) in [5.74, 6) is 0.119. The van der Waals surface area contributed by atoms with Crippen LogP contribution in [0.5, 0.6) is 5.75 Å². The van der Waals surface area contributed by atoms with Crippen molar-refractivity contribution >= 4 is 32.4 Å². The summed E-state index contributed by atoms with van der Waals surface area (Å²) in [6.45, 7) is 1.80. The predicted molar refractivity (Wildman–Crippen MR) is 88.6 cm³/mol. The summed E-state index contributed by atoms with van der Waals surface area (Å²) in [6.07, 6.45) is 1.55. The third kappa shape index (κ3) is 2.97. The number of hydrogen-bond donors (Lipinski definition) is 2. The molecule has 0 radical (unpaired) electrons. The molecule has 0 unspecified atom stereocenters. The molecule has 3 aromatic rings. The molecule has 1 heterocycles. The van der Waals surface area contributed by atoms with Gasteiger partial charge in [0.15, 0.2) is 11.6 Å². The molecule has 0 atom stereocenters. The first-order valence-corrected chi connectivity index (χ1v) is 8.37. The molecule has 24 heavy (non-hydrogen) atoms. The Morgan fingerprint density at radius 2 is 1.75 bits per heavy atom. The fraction of sp³-hybridized carbons (Fsp3) is 0.0625. The van der Waals surface area contributed by atoms with E-state index in [1.54, 1.807) is 37.4 Å². The first-order valence-electron chi connectivity index (χ1n) is 6.93. The smallest absolute Gasteiger partial charge is 0.295 e. The minimum absolute atomic E-state index is 0.0774. The molecule has 2 aromatic carbocycles. The number of phenolic OH excluding ortho intramolecular Hbond substituents is 1. The zero-order chi connectivity index (χ0) is 17.3. The van der Waals surface area contributed by atoms with Gasteiger partial charge in [0.2, 0.25) is 0 Å². The molecule has 0 bridgehead atoms. The number of aryl methyl sites for hydroxylation is 1. The fourth-order valence-electron chi connectivity index (χ4n) is 2.29. The Hall–Kier alpha value is -2.84. The second-order valence-electron chi connectivity index (χ2n) is 5.11. The number of rotatable bonds is 3. The number of phenols is 1. The summed E-state index contributed by atoms with van der Waals surface area (Å²) in [7, 11) is -4.49. The Balaban J connectivity index is 2.22. The van der Waals surface area contributed by atoms with Crippen LogP contribution in [0.1, 0.15) is 5.56 Å². The van der Waals surface area contributed by atoms with Crippen molar-refractivity contribution in [3.8, 4) is 5.75 Å². The Labute approximate surface area is 138 Å². The number of fused-ring (bicyclic) bond motifs is 1. The van der Waals surface area contributed by atoms with Gasteiger partial charge in [-0.25, -0.2) is 4.98 Å². The number of nitrogens with zero attached hydrogens (tertiary/aromatic N) is 3. The molecule has 0 aliphatic carbocycles. The van der Waals surface area contributed by atoms with E-state index in [1.165, 1.54) is 12.1 Å². The van der Waals surface area contributed by atoms with Crippen LogP contribution in [0.25, 0.3) is 10.8 Å². The van der Waals surface area contributed by atoms with Crippen LogP contribution in [0, 0.1) is 6.92 Å². The lowest BCUT2D eigenvalue weighted by atomic mass is 10.1. The monoisotopic (exact) mass is 343 g/mol. The summed E-state index contributed by atoms with van der Waals surface area (Å²) >= 11 is 0. The van der Waals surface area contributed by atoms with Gasteiger partial charge < -0.3 is 5.11 Å². The maximum Gasteiger partial charge on any atom is 0.295 e. The van der Waals surface area contributed by atoms with E-state index in [-0.39, 0.29) is 27.1 Å². The Kier molecular flexibility index (Phi) is 4.00. The van der Waals surface area contributed by atoms with Crippen molar-refractivity contribution < 1.29 is 18.1 Å². The van der Waals surface area contributed by atoms with Crippen LogP contribution in [0.2, 0.25) is 0 Å². The van der Waals surface area contributed by atoms with Gasteiger partial charge in [0, 0.05) is 17.0 Å². The maximum atomic E-state index is 11.6. The molecule has 0 aliphatic rings. The molecule has 0 aliphatic heterocycles. The van der Waals surface area contributed by atoms with Gasteiger partial charge in [-0.2, -0.15) is 8.42 Å². The molecule has 7 nitrogen and oxygen atoms in total. The Morgan fingerprint density at radius 1 is 1.04 bits per heavy atom. The predicted octanol–water partition coefficient (Wildman–Crippen LogP) is 3.91. The van der Waals surface area contributed by atoms with Gasteiger partial charge in [0.25, 0.3) is 10.1 Å². The summed E-state index contributed by atoms with van der Waals surface area (Å²) < 4.78 is 32.7. The first kappa shape index (κ1) is 16.0. The van der Waals surface area contributed by atoms with E-state index in [0.717, 1.165) is 11.6 Å². The molecule has 2 N–H and O–H groups in total. The van der Waals surface area contributed by atoms with Crippen LogP contribution in [0.15, 0.2) is 63.8 Å². The second kappa shape index (κ2) is 5.99. The van der Waals surface area contributed by atoms with E-state index in [9.17, 15) is 18.1 Å². The summed E-state index contributed by atoms with van der Waals surface area (Å²) in [5, 5.41) is 18.6. The van der Waals surface area contributed by atoms with Crippen LogP contribution in [0.4, 0.5) is 11.5 Å². The zero-order valence-corrected chi connectivity index (χ0v) is 13.4. The summed E-state index contributed by atoms with van der Waals surface area (Å²) in [4.78, 5) is 3.70. The standard InChI is InChI=1S/C16H13N3O4S/c1-10-5-4-8-17-16(10)19-18-13-9-14(24(21,22)23)11-6-2-3-7-12(11)15(13)20/h2-9,20H,1H3,(H,21,22,23). The highest BCUT2D eigenvalue weighted by molar-refractivity contribution is 7.86. The molecule has 1 aromatic heterocycles. The molecule has 3 rings (SSSR count). The molecule has 122 valence electrons. The average molecular weight is 343 g/mol. The van der Waals surface area contributed by atoms with Gasteiger partial charge in [-0.3, -0.25) is 4.55 Å². The van der Waals surface area contributed by atoms with Gasteiger partial charge in [0.05, 0.1) is 0 Å². The van der Waals surface area contributed by atoms with Crippen molar-refractivity contribution in [2.75, 3.05) is 0 Å².